The molecule has 0 amide bonds. The van der Waals surface area contributed by atoms with E-state index < -0.39 is 0 Å². The van der Waals surface area contributed by atoms with E-state index in [9.17, 15) is 0 Å². The molecule has 2 nitrogen and oxygen atoms in total. The molecule has 0 aliphatic carbocycles. The van der Waals surface area contributed by atoms with Crippen molar-refractivity contribution in [1.82, 2.24) is 0 Å². The lowest BCUT2D eigenvalue weighted by atomic mass is 10.0. The summed E-state index contributed by atoms with van der Waals surface area (Å²) in [6, 6.07) is 4.05. The minimum absolute atomic E-state index is 0.294. The van der Waals surface area contributed by atoms with Crippen LogP contribution in [0.25, 0.3) is 0 Å². The minimum Gasteiger partial charge on any atom is -0.493 e. The molecule has 3 rings (SSSR count). The summed E-state index contributed by atoms with van der Waals surface area (Å²) in [7, 11) is 0. The van der Waals surface area contributed by atoms with Crippen molar-refractivity contribution in [3.63, 3.8) is 0 Å². The molecule has 1 aromatic rings. The Morgan fingerprint density at radius 3 is 3.05 bits per heavy atom. The van der Waals surface area contributed by atoms with Crippen molar-refractivity contribution >= 4 is 27.5 Å². The maximum Gasteiger partial charge on any atom is 0.127 e. The van der Waals surface area contributed by atoms with E-state index in [1.165, 1.54) is 24.0 Å². The highest BCUT2D eigenvalue weighted by molar-refractivity contribution is 9.09. The molecule has 0 spiro atoms. The largest absolute Gasteiger partial charge is 0.493 e. The van der Waals surface area contributed by atoms with Crippen molar-refractivity contribution in [2.45, 2.75) is 43.0 Å². The number of rotatable bonds is 4. The molecule has 0 bridgehead atoms. The second kappa shape index (κ2) is 6.02. The average molecular weight is 346 g/mol. The number of alkyl halides is 1. The molecule has 0 aromatic heterocycles. The molecular formula is C15H18BrClO2. The average Bonchev–Trinajstić information content (AvgIpc) is 3.05. The SMILES string of the molecule is Clc1cc2c(c(C(Br)CCC3CCCO3)c1)OCC2. The second-order valence-electron chi connectivity index (χ2n) is 5.26. The lowest BCUT2D eigenvalue weighted by Crippen LogP contribution is -2.06. The van der Waals surface area contributed by atoms with Gasteiger partial charge in [-0.15, -0.1) is 0 Å². The molecule has 1 aromatic carbocycles. The van der Waals surface area contributed by atoms with Crippen molar-refractivity contribution < 1.29 is 9.47 Å². The van der Waals surface area contributed by atoms with Crippen LogP contribution in [-0.2, 0) is 11.2 Å². The standard InChI is InChI=1S/C15H18BrClO2/c16-14(4-3-12-2-1-6-18-12)13-9-11(17)8-10-5-7-19-15(10)13/h8-9,12,14H,1-7H2. The van der Waals surface area contributed by atoms with Crippen molar-refractivity contribution in [1.29, 1.82) is 0 Å². The van der Waals surface area contributed by atoms with E-state index in [0.29, 0.717) is 10.9 Å². The maximum atomic E-state index is 6.20. The first-order valence-electron chi connectivity index (χ1n) is 6.95. The van der Waals surface area contributed by atoms with Gasteiger partial charge in [-0.3, -0.25) is 0 Å². The second-order valence-corrected chi connectivity index (χ2v) is 6.80. The van der Waals surface area contributed by atoms with Gasteiger partial charge in [-0.1, -0.05) is 27.5 Å². The van der Waals surface area contributed by atoms with Crippen LogP contribution in [0.1, 0.15) is 41.6 Å². The highest BCUT2D eigenvalue weighted by atomic mass is 79.9. The Kier molecular flexibility index (Phi) is 4.35. The summed E-state index contributed by atoms with van der Waals surface area (Å²) in [6.07, 6.45) is 5.96. The minimum atomic E-state index is 0.294. The third kappa shape index (κ3) is 3.09. The van der Waals surface area contributed by atoms with Gasteiger partial charge < -0.3 is 9.47 Å². The molecule has 104 valence electrons. The summed E-state index contributed by atoms with van der Waals surface area (Å²) in [5.74, 6) is 1.04. The first-order chi connectivity index (χ1) is 9.24. The van der Waals surface area contributed by atoms with Crippen LogP contribution in [0.4, 0.5) is 0 Å². The third-order valence-electron chi connectivity index (χ3n) is 3.88. The van der Waals surface area contributed by atoms with Gasteiger partial charge in [0.25, 0.3) is 0 Å². The Bertz CT molecular complexity index is 458. The van der Waals surface area contributed by atoms with Crippen LogP contribution in [0.3, 0.4) is 0 Å². The fourth-order valence-corrected chi connectivity index (χ4v) is 3.74. The van der Waals surface area contributed by atoms with Gasteiger partial charge in [0.05, 0.1) is 12.7 Å². The smallest absolute Gasteiger partial charge is 0.127 e. The molecule has 4 heteroatoms. The number of halogens is 2. The third-order valence-corrected chi connectivity index (χ3v) is 5.05. The van der Waals surface area contributed by atoms with Gasteiger partial charge in [0.2, 0.25) is 0 Å². The summed E-state index contributed by atoms with van der Waals surface area (Å²) in [4.78, 5) is 0.294. The first-order valence-corrected chi connectivity index (χ1v) is 8.24. The van der Waals surface area contributed by atoms with E-state index in [-0.39, 0.29) is 0 Å². The number of fused-ring (bicyclic) bond motifs is 1. The van der Waals surface area contributed by atoms with Gasteiger partial charge >= 0.3 is 0 Å². The number of hydrogen-bond donors (Lipinski definition) is 0. The Balaban J connectivity index is 1.70. The summed E-state index contributed by atoms with van der Waals surface area (Å²) in [5.41, 5.74) is 2.43. The van der Waals surface area contributed by atoms with Crippen LogP contribution in [0, 0.1) is 0 Å². The van der Waals surface area contributed by atoms with E-state index >= 15 is 0 Å². The van der Waals surface area contributed by atoms with Gasteiger partial charge in [0.15, 0.2) is 0 Å². The normalized spacial score (nSPS) is 23.2. The Morgan fingerprint density at radius 2 is 2.26 bits per heavy atom. The predicted octanol–water partition coefficient (Wildman–Crippen LogP) is 4.67. The fourth-order valence-electron chi connectivity index (χ4n) is 2.89. The molecule has 2 unspecified atom stereocenters. The zero-order chi connectivity index (χ0) is 13.2. The number of ether oxygens (including phenoxy) is 2. The van der Waals surface area contributed by atoms with Crippen LogP contribution in [0.5, 0.6) is 5.75 Å². The van der Waals surface area contributed by atoms with Gasteiger partial charge in [0.1, 0.15) is 5.75 Å². The van der Waals surface area contributed by atoms with Crippen LogP contribution in [0.15, 0.2) is 12.1 Å². The highest BCUT2D eigenvalue weighted by Crippen LogP contribution is 2.41. The van der Waals surface area contributed by atoms with E-state index in [0.717, 1.165) is 43.2 Å². The zero-order valence-corrected chi connectivity index (χ0v) is 13.2. The van der Waals surface area contributed by atoms with E-state index in [1.54, 1.807) is 0 Å². The summed E-state index contributed by atoms with van der Waals surface area (Å²) < 4.78 is 11.4. The van der Waals surface area contributed by atoms with Gasteiger partial charge in [-0.25, -0.2) is 0 Å². The molecule has 1 saturated heterocycles. The van der Waals surface area contributed by atoms with E-state index in [1.807, 2.05) is 12.1 Å². The maximum absolute atomic E-state index is 6.20. The Labute approximate surface area is 127 Å². The van der Waals surface area contributed by atoms with Gasteiger partial charge in [0, 0.05) is 28.4 Å². The van der Waals surface area contributed by atoms with Crippen LogP contribution in [0.2, 0.25) is 5.02 Å². The Hall–Kier alpha value is -0.250. The lowest BCUT2D eigenvalue weighted by Gasteiger charge is -2.16. The molecule has 1 fully saturated rings. The van der Waals surface area contributed by atoms with Crippen LogP contribution >= 0.6 is 27.5 Å². The molecule has 2 heterocycles. The lowest BCUT2D eigenvalue weighted by molar-refractivity contribution is 0.102. The quantitative estimate of drug-likeness (QED) is 0.738. The molecule has 0 saturated carbocycles. The van der Waals surface area contributed by atoms with Gasteiger partial charge in [-0.05, 0) is 43.4 Å². The van der Waals surface area contributed by atoms with Gasteiger partial charge in [-0.2, -0.15) is 0 Å². The van der Waals surface area contributed by atoms with E-state index in [2.05, 4.69) is 15.9 Å². The van der Waals surface area contributed by atoms with Crippen molar-refractivity contribution in [2.75, 3.05) is 13.2 Å². The highest BCUT2D eigenvalue weighted by Gasteiger charge is 2.23. The summed E-state index contributed by atoms with van der Waals surface area (Å²) in [6.45, 7) is 1.70. The molecule has 19 heavy (non-hydrogen) atoms. The topological polar surface area (TPSA) is 18.5 Å². The molecule has 0 radical (unpaired) electrons. The van der Waals surface area contributed by atoms with Crippen molar-refractivity contribution in [2.24, 2.45) is 0 Å². The zero-order valence-electron chi connectivity index (χ0n) is 10.8. The summed E-state index contributed by atoms with van der Waals surface area (Å²) >= 11 is 9.99. The predicted molar refractivity (Wildman–Crippen MR) is 80.5 cm³/mol. The molecule has 2 aliphatic heterocycles. The van der Waals surface area contributed by atoms with Crippen molar-refractivity contribution in [3.8, 4) is 5.75 Å². The molecule has 2 aliphatic rings. The van der Waals surface area contributed by atoms with Crippen LogP contribution < -0.4 is 4.74 Å². The summed E-state index contributed by atoms with van der Waals surface area (Å²) in [5, 5.41) is 0.806. The van der Waals surface area contributed by atoms with Crippen molar-refractivity contribution in [3.05, 3.63) is 28.3 Å². The Morgan fingerprint density at radius 1 is 1.37 bits per heavy atom. The molecular weight excluding hydrogens is 328 g/mol. The first kappa shape index (κ1) is 13.7. The number of hydrogen-bond acceptors (Lipinski definition) is 2. The van der Waals surface area contributed by atoms with Crippen LogP contribution in [-0.4, -0.2) is 19.3 Å². The monoisotopic (exact) mass is 344 g/mol. The number of benzene rings is 1. The fraction of sp³-hybridized carbons (Fsp3) is 0.600. The molecule has 2 atom stereocenters. The molecule has 0 N–H and O–H groups in total. The van der Waals surface area contributed by atoms with E-state index in [4.69, 9.17) is 21.1 Å².